The van der Waals surface area contributed by atoms with Gasteiger partial charge in [-0.25, -0.2) is 0 Å². The first-order valence-corrected chi connectivity index (χ1v) is 6.14. The summed E-state index contributed by atoms with van der Waals surface area (Å²) in [5, 5.41) is 0.807. The number of nitrogens with two attached hydrogens (primary N) is 1. The van der Waals surface area contributed by atoms with Gasteiger partial charge in [-0.05, 0) is 55.0 Å². The average Bonchev–Trinajstić information content (AvgIpc) is 2.27. The van der Waals surface area contributed by atoms with E-state index in [-0.39, 0.29) is 0 Å². The Morgan fingerprint density at radius 1 is 1.00 bits per heavy atom. The highest BCUT2D eigenvalue weighted by molar-refractivity contribution is 7.99. The van der Waals surface area contributed by atoms with Crippen molar-refractivity contribution in [3.8, 4) is 0 Å². The van der Waals surface area contributed by atoms with Gasteiger partial charge in [-0.2, -0.15) is 0 Å². The second kappa shape index (κ2) is 4.81. The molecular weight excluding hydrogens is 238 g/mol. The van der Waals surface area contributed by atoms with Gasteiger partial charge in [0.2, 0.25) is 0 Å². The van der Waals surface area contributed by atoms with E-state index in [4.69, 9.17) is 17.3 Å². The Morgan fingerprint density at radius 3 is 2.25 bits per heavy atom. The lowest BCUT2D eigenvalue weighted by Crippen LogP contribution is -1.83. The Labute approximate surface area is 105 Å². The summed E-state index contributed by atoms with van der Waals surface area (Å²) in [6, 6.07) is 13.9. The number of rotatable bonds is 2. The van der Waals surface area contributed by atoms with E-state index >= 15 is 0 Å². The summed E-state index contributed by atoms with van der Waals surface area (Å²) in [6.07, 6.45) is 0. The van der Waals surface area contributed by atoms with Crippen molar-refractivity contribution in [1.82, 2.24) is 0 Å². The smallest absolute Gasteiger partial charge is 0.0435 e. The van der Waals surface area contributed by atoms with Crippen molar-refractivity contribution in [2.75, 3.05) is 5.73 Å². The predicted octanol–water partition coefficient (Wildman–Crippen LogP) is 4.38. The molecular formula is C13H12ClNS. The molecule has 0 fully saturated rings. The minimum atomic E-state index is 0.789. The Bertz CT molecular complexity index is 494. The van der Waals surface area contributed by atoms with Gasteiger partial charge in [0.15, 0.2) is 0 Å². The van der Waals surface area contributed by atoms with Crippen molar-refractivity contribution < 1.29 is 0 Å². The van der Waals surface area contributed by atoms with E-state index in [1.54, 1.807) is 11.8 Å². The topological polar surface area (TPSA) is 26.0 Å². The molecule has 3 heteroatoms. The lowest BCUT2D eigenvalue weighted by atomic mass is 10.2. The van der Waals surface area contributed by atoms with Gasteiger partial charge < -0.3 is 5.73 Å². The third-order valence-electron chi connectivity index (χ3n) is 2.25. The van der Waals surface area contributed by atoms with Crippen LogP contribution in [-0.2, 0) is 0 Å². The van der Waals surface area contributed by atoms with E-state index in [1.165, 1.54) is 9.79 Å². The Balaban J connectivity index is 2.20. The van der Waals surface area contributed by atoms with Crippen LogP contribution in [0.3, 0.4) is 0 Å². The van der Waals surface area contributed by atoms with E-state index in [0.717, 1.165) is 16.3 Å². The van der Waals surface area contributed by atoms with E-state index in [2.05, 4.69) is 6.07 Å². The second-order valence-corrected chi connectivity index (χ2v) is 5.14. The highest BCUT2D eigenvalue weighted by Gasteiger charge is 2.00. The quantitative estimate of drug-likeness (QED) is 0.800. The van der Waals surface area contributed by atoms with Gasteiger partial charge in [-0.1, -0.05) is 23.4 Å². The Morgan fingerprint density at radius 2 is 1.62 bits per heavy atom. The molecule has 0 bridgehead atoms. The maximum atomic E-state index is 5.98. The molecule has 0 amide bonds. The third kappa shape index (κ3) is 2.71. The second-order valence-electron chi connectivity index (χ2n) is 3.58. The normalized spacial score (nSPS) is 10.4. The number of aryl methyl sites for hydroxylation is 1. The molecule has 2 aromatic carbocycles. The minimum absolute atomic E-state index is 0.789. The molecule has 0 aliphatic heterocycles. The van der Waals surface area contributed by atoms with Crippen LogP contribution in [0.1, 0.15) is 5.56 Å². The summed E-state index contributed by atoms with van der Waals surface area (Å²) in [5.41, 5.74) is 7.53. The first-order valence-electron chi connectivity index (χ1n) is 4.95. The zero-order chi connectivity index (χ0) is 11.5. The van der Waals surface area contributed by atoms with Crippen LogP contribution in [0.25, 0.3) is 0 Å². The average molecular weight is 250 g/mol. The van der Waals surface area contributed by atoms with E-state index in [0.29, 0.717) is 0 Å². The van der Waals surface area contributed by atoms with E-state index in [9.17, 15) is 0 Å². The van der Waals surface area contributed by atoms with Crippen molar-refractivity contribution >= 4 is 29.1 Å². The number of hydrogen-bond acceptors (Lipinski definition) is 2. The summed E-state index contributed by atoms with van der Waals surface area (Å²) < 4.78 is 0. The lowest BCUT2D eigenvalue weighted by Gasteiger charge is -2.04. The molecule has 1 nitrogen and oxygen atoms in total. The predicted molar refractivity (Wildman–Crippen MR) is 71.2 cm³/mol. The van der Waals surface area contributed by atoms with Gasteiger partial charge in [-0.15, -0.1) is 0 Å². The maximum absolute atomic E-state index is 5.98. The number of hydrogen-bond donors (Lipinski definition) is 1. The molecule has 2 N–H and O–H groups in total. The van der Waals surface area contributed by atoms with Gasteiger partial charge in [-0.3, -0.25) is 0 Å². The van der Waals surface area contributed by atoms with Crippen LogP contribution in [0.2, 0.25) is 5.02 Å². The molecule has 0 atom stereocenters. The number of halogens is 1. The molecule has 16 heavy (non-hydrogen) atoms. The molecule has 0 saturated heterocycles. The van der Waals surface area contributed by atoms with Crippen molar-refractivity contribution in [3.05, 3.63) is 53.1 Å². The van der Waals surface area contributed by atoms with Gasteiger partial charge in [0.1, 0.15) is 0 Å². The molecule has 0 aliphatic carbocycles. The van der Waals surface area contributed by atoms with Crippen LogP contribution in [-0.4, -0.2) is 0 Å². The van der Waals surface area contributed by atoms with E-state index in [1.807, 2.05) is 43.3 Å². The summed E-state index contributed by atoms with van der Waals surface area (Å²) >= 11 is 7.68. The largest absolute Gasteiger partial charge is 0.399 e. The van der Waals surface area contributed by atoms with Crippen LogP contribution >= 0.6 is 23.4 Å². The summed E-state index contributed by atoms with van der Waals surface area (Å²) in [7, 11) is 0. The number of benzene rings is 2. The van der Waals surface area contributed by atoms with Crippen molar-refractivity contribution in [3.63, 3.8) is 0 Å². The molecule has 0 radical (unpaired) electrons. The van der Waals surface area contributed by atoms with Crippen LogP contribution in [0, 0.1) is 6.92 Å². The van der Waals surface area contributed by atoms with Gasteiger partial charge in [0.25, 0.3) is 0 Å². The van der Waals surface area contributed by atoms with Crippen molar-refractivity contribution in [2.45, 2.75) is 16.7 Å². The molecule has 0 saturated carbocycles. The first-order chi connectivity index (χ1) is 7.65. The molecule has 2 rings (SSSR count). The van der Waals surface area contributed by atoms with Crippen molar-refractivity contribution in [2.24, 2.45) is 0 Å². The monoisotopic (exact) mass is 249 g/mol. The molecule has 0 aromatic heterocycles. The van der Waals surface area contributed by atoms with Crippen LogP contribution in [0.4, 0.5) is 5.69 Å². The van der Waals surface area contributed by atoms with Gasteiger partial charge in [0, 0.05) is 20.5 Å². The first kappa shape index (κ1) is 11.4. The highest BCUT2D eigenvalue weighted by Crippen LogP contribution is 2.30. The Kier molecular flexibility index (Phi) is 3.42. The zero-order valence-electron chi connectivity index (χ0n) is 8.91. The molecule has 0 heterocycles. The van der Waals surface area contributed by atoms with E-state index < -0.39 is 0 Å². The Hall–Kier alpha value is -1.12. The van der Waals surface area contributed by atoms with Gasteiger partial charge >= 0.3 is 0 Å². The molecule has 82 valence electrons. The number of anilines is 1. The van der Waals surface area contributed by atoms with Gasteiger partial charge in [0.05, 0.1) is 0 Å². The van der Waals surface area contributed by atoms with Crippen molar-refractivity contribution in [1.29, 1.82) is 0 Å². The van der Waals surface area contributed by atoms with Crippen LogP contribution < -0.4 is 5.73 Å². The highest BCUT2D eigenvalue weighted by atomic mass is 35.5. The fraction of sp³-hybridized carbons (Fsp3) is 0.0769. The summed E-state index contributed by atoms with van der Waals surface area (Å²) in [5.74, 6) is 0. The molecule has 0 unspecified atom stereocenters. The SMILES string of the molecule is Cc1cc(Sc2ccc(N)cc2)ccc1Cl. The molecule has 2 aromatic rings. The molecule has 0 spiro atoms. The fourth-order valence-electron chi connectivity index (χ4n) is 1.35. The van der Waals surface area contributed by atoms with Crippen LogP contribution in [0.5, 0.6) is 0 Å². The molecule has 0 aliphatic rings. The zero-order valence-corrected chi connectivity index (χ0v) is 10.5. The number of nitrogen functional groups attached to an aromatic ring is 1. The summed E-state index contributed by atoms with van der Waals surface area (Å²) in [6.45, 7) is 2.01. The summed E-state index contributed by atoms with van der Waals surface area (Å²) in [4.78, 5) is 2.36. The maximum Gasteiger partial charge on any atom is 0.0435 e. The minimum Gasteiger partial charge on any atom is -0.399 e. The van der Waals surface area contributed by atoms with Crippen LogP contribution in [0.15, 0.2) is 52.3 Å². The fourth-order valence-corrected chi connectivity index (χ4v) is 2.39. The third-order valence-corrected chi connectivity index (χ3v) is 3.67. The lowest BCUT2D eigenvalue weighted by molar-refractivity contribution is 1.35. The standard InChI is InChI=1S/C13H12ClNS/c1-9-8-12(6-7-13(9)14)16-11-4-2-10(15)3-5-11/h2-8H,15H2,1H3.